The van der Waals surface area contributed by atoms with E-state index in [0.717, 1.165) is 32.6 Å². The van der Waals surface area contributed by atoms with Crippen LogP contribution in [0.4, 0.5) is 0 Å². The summed E-state index contributed by atoms with van der Waals surface area (Å²) >= 11 is 5.87. The number of carbonyl (C=O) groups excluding carboxylic acids is 1. The Morgan fingerprint density at radius 2 is 2.12 bits per heavy atom. The van der Waals surface area contributed by atoms with E-state index in [1.165, 1.54) is 5.56 Å². The third-order valence-corrected chi connectivity index (χ3v) is 4.68. The van der Waals surface area contributed by atoms with Crippen LogP contribution in [0.15, 0.2) is 48.7 Å². The summed E-state index contributed by atoms with van der Waals surface area (Å²) in [4.78, 5) is 20.7. The van der Waals surface area contributed by atoms with Crippen molar-refractivity contribution >= 4 is 17.5 Å². The number of carbonyl (C=O) groups is 1. The van der Waals surface area contributed by atoms with Gasteiger partial charge in [-0.1, -0.05) is 41.9 Å². The molecule has 4 nitrogen and oxygen atoms in total. The molecule has 0 N–H and O–H groups in total. The van der Waals surface area contributed by atoms with Crippen LogP contribution >= 0.6 is 11.6 Å². The van der Waals surface area contributed by atoms with E-state index >= 15 is 0 Å². The fraction of sp³-hybridized carbons (Fsp3) is 0.368. The van der Waals surface area contributed by atoms with Crippen LogP contribution in [0.5, 0.6) is 0 Å². The van der Waals surface area contributed by atoms with E-state index in [0.29, 0.717) is 16.6 Å². The van der Waals surface area contributed by atoms with Crippen LogP contribution in [0.25, 0.3) is 0 Å². The smallest absolute Gasteiger partial charge is 0.253 e. The molecule has 1 fully saturated rings. The van der Waals surface area contributed by atoms with Crippen molar-refractivity contribution < 1.29 is 4.79 Å². The van der Waals surface area contributed by atoms with Crippen molar-refractivity contribution in [2.45, 2.75) is 13.0 Å². The largest absolute Gasteiger partial charge is 0.341 e. The van der Waals surface area contributed by atoms with Gasteiger partial charge in [-0.05, 0) is 36.6 Å². The Kier molecular flexibility index (Phi) is 5.48. The molecule has 0 aliphatic carbocycles. The summed E-state index contributed by atoms with van der Waals surface area (Å²) in [6, 6.07) is 13.9. The molecular weight excluding hydrogens is 322 g/mol. The van der Waals surface area contributed by atoms with Gasteiger partial charge >= 0.3 is 0 Å². The van der Waals surface area contributed by atoms with E-state index in [4.69, 9.17) is 11.6 Å². The molecule has 126 valence electrons. The van der Waals surface area contributed by atoms with Gasteiger partial charge in [0.05, 0.1) is 0 Å². The molecule has 0 spiro atoms. The van der Waals surface area contributed by atoms with Crippen molar-refractivity contribution in [2.24, 2.45) is 5.92 Å². The highest BCUT2D eigenvalue weighted by Crippen LogP contribution is 2.20. The molecule has 1 aliphatic rings. The van der Waals surface area contributed by atoms with Crippen LogP contribution in [-0.4, -0.2) is 47.4 Å². The van der Waals surface area contributed by atoms with E-state index in [9.17, 15) is 4.79 Å². The van der Waals surface area contributed by atoms with E-state index in [1.807, 2.05) is 13.1 Å². The molecule has 1 unspecified atom stereocenters. The SMILES string of the molecule is CN(CC1CCN(Cc2ccccc2)C1)C(=O)c1ccnc(Cl)c1. The zero-order chi connectivity index (χ0) is 16.9. The molecule has 1 aliphatic heterocycles. The van der Waals surface area contributed by atoms with Crippen LogP contribution in [0.3, 0.4) is 0 Å². The lowest BCUT2D eigenvalue weighted by atomic mass is 10.1. The predicted octanol–water partition coefficient (Wildman–Crippen LogP) is 3.33. The number of hydrogen-bond donors (Lipinski definition) is 0. The minimum Gasteiger partial charge on any atom is -0.341 e. The standard InChI is InChI=1S/C19H22ClN3O/c1-22(19(24)17-7-9-21-18(20)11-17)12-16-8-10-23(14-16)13-15-5-3-2-4-6-15/h2-7,9,11,16H,8,10,12-14H2,1H3. The summed E-state index contributed by atoms with van der Waals surface area (Å²) in [5.74, 6) is 0.515. The highest BCUT2D eigenvalue weighted by Gasteiger charge is 2.25. The van der Waals surface area contributed by atoms with Crippen LogP contribution in [0.2, 0.25) is 5.15 Å². The Balaban J connectivity index is 1.52. The Labute approximate surface area is 148 Å². The molecule has 3 rings (SSSR count). The Hall–Kier alpha value is -1.91. The Morgan fingerprint density at radius 3 is 2.88 bits per heavy atom. The van der Waals surface area contributed by atoms with Gasteiger partial charge in [-0.25, -0.2) is 4.98 Å². The lowest BCUT2D eigenvalue weighted by Crippen LogP contribution is -2.33. The average molecular weight is 344 g/mol. The zero-order valence-corrected chi connectivity index (χ0v) is 14.6. The summed E-state index contributed by atoms with van der Waals surface area (Å²) in [5.41, 5.74) is 1.94. The molecule has 5 heteroatoms. The number of likely N-dealkylation sites (tertiary alicyclic amines) is 1. The van der Waals surface area contributed by atoms with Gasteiger partial charge in [-0.15, -0.1) is 0 Å². The first-order valence-electron chi connectivity index (χ1n) is 8.25. The molecule has 1 atom stereocenters. The van der Waals surface area contributed by atoms with Crippen LogP contribution < -0.4 is 0 Å². The average Bonchev–Trinajstić information content (AvgIpc) is 3.02. The Bertz CT molecular complexity index is 692. The molecule has 1 amide bonds. The summed E-state index contributed by atoms with van der Waals surface area (Å²) in [5, 5.41) is 0.351. The van der Waals surface area contributed by atoms with Gasteiger partial charge in [0.25, 0.3) is 5.91 Å². The topological polar surface area (TPSA) is 36.4 Å². The van der Waals surface area contributed by atoms with Crippen LogP contribution in [-0.2, 0) is 6.54 Å². The Morgan fingerprint density at radius 1 is 1.33 bits per heavy atom. The van der Waals surface area contributed by atoms with E-state index in [-0.39, 0.29) is 5.91 Å². The number of rotatable bonds is 5. The zero-order valence-electron chi connectivity index (χ0n) is 13.9. The number of nitrogens with zero attached hydrogens (tertiary/aromatic N) is 3. The van der Waals surface area contributed by atoms with Gasteiger partial charge in [0.15, 0.2) is 0 Å². The van der Waals surface area contributed by atoms with Crippen molar-refractivity contribution in [1.82, 2.24) is 14.8 Å². The number of benzene rings is 1. The van der Waals surface area contributed by atoms with Crippen molar-refractivity contribution in [3.63, 3.8) is 0 Å². The van der Waals surface area contributed by atoms with Crippen molar-refractivity contribution in [1.29, 1.82) is 0 Å². The van der Waals surface area contributed by atoms with Gasteiger partial charge in [-0.3, -0.25) is 9.69 Å². The second kappa shape index (κ2) is 7.77. The summed E-state index contributed by atoms with van der Waals surface area (Å²) in [7, 11) is 1.86. The highest BCUT2D eigenvalue weighted by molar-refractivity contribution is 6.29. The summed E-state index contributed by atoms with van der Waals surface area (Å²) in [6.07, 6.45) is 2.70. The third kappa shape index (κ3) is 4.34. The molecular formula is C19H22ClN3O. The van der Waals surface area contributed by atoms with Gasteiger partial charge < -0.3 is 4.90 Å². The minimum atomic E-state index is 0.000749. The van der Waals surface area contributed by atoms with Gasteiger partial charge in [0.1, 0.15) is 5.15 Å². The third-order valence-electron chi connectivity index (χ3n) is 4.47. The molecule has 1 aromatic heterocycles. The van der Waals surface area contributed by atoms with Crippen LogP contribution in [0.1, 0.15) is 22.3 Å². The summed E-state index contributed by atoms with van der Waals surface area (Å²) in [6.45, 7) is 3.87. The predicted molar refractivity (Wildman–Crippen MR) is 96.0 cm³/mol. The second-order valence-corrected chi connectivity index (χ2v) is 6.82. The van der Waals surface area contributed by atoms with E-state index in [1.54, 1.807) is 23.2 Å². The van der Waals surface area contributed by atoms with Gasteiger partial charge in [-0.2, -0.15) is 0 Å². The van der Waals surface area contributed by atoms with Crippen molar-refractivity contribution in [3.05, 3.63) is 64.9 Å². The summed E-state index contributed by atoms with van der Waals surface area (Å²) < 4.78 is 0. The number of pyridine rings is 1. The highest BCUT2D eigenvalue weighted by atomic mass is 35.5. The molecule has 1 saturated heterocycles. The molecule has 1 aromatic carbocycles. The first kappa shape index (κ1) is 16.9. The number of aromatic nitrogens is 1. The van der Waals surface area contributed by atoms with E-state index < -0.39 is 0 Å². The van der Waals surface area contributed by atoms with Crippen molar-refractivity contribution in [2.75, 3.05) is 26.7 Å². The van der Waals surface area contributed by atoms with Gasteiger partial charge in [0.2, 0.25) is 0 Å². The fourth-order valence-electron chi connectivity index (χ4n) is 3.27. The lowest BCUT2D eigenvalue weighted by molar-refractivity contribution is 0.0773. The quantitative estimate of drug-likeness (QED) is 0.781. The first-order valence-corrected chi connectivity index (χ1v) is 8.63. The minimum absolute atomic E-state index is 0.000749. The maximum Gasteiger partial charge on any atom is 0.253 e. The lowest BCUT2D eigenvalue weighted by Gasteiger charge is -2.22. The molecule has 2 aromatic rings. The monoisotopic (exact) mass is 343 g/mol. The molecule has 0 bridgehead atoms. The molecule has 0 saturated carbocycles. The number of halogens is 1. The van der Waals surface area contributed by atoms with Gasteiger partial charge in [0, 0.05) is 38.4 Å². The fourth-order valence-corrected chi connectivity index (χ4v) is 3.45. The molecule has 2 heterocycles. The van der Waals surface area contributed by atoms with Crippen molar-refractivity contribution in [3.8, 4) is 0 Å². The normalized spacial score (nSPS) is 17.8. The van der Waals surface area contributed by atoms with Crippen LogP contribution in [0, 0.1) is 5.92 Å². The molecule has 24 heavy (non-hydrogen) atoms. The second-order valence-electron chi connectivity index (χ2n) is 6.43. The maximum atomic E-state index is 12.5. The number of amides is 1. The maximum absolute atomic E-state index is 12.5. The van der Waals surface area contributed by atoms with E-state index in [2.05, 4.69) is 34.1 Å². The number of hydrogen-bond acceptors (Lipinski definition) is 3. The first-order chi connectivity index (χ1) is 11.6. The molecule has 0 radical (unpaired) electrons.